The van der Waals surface area contributed by atoms with Crippen LogP contribution in [0.5, 0.6) is 0 Å². The number of hydrogen-bond acceptors (Lipinski definition) is 4. The van der Waals surface area contributed by atoms with Crippen LogP contribution in [0.25, 0.3) is 5.52 Å². The molecule has 0 N–H and O–H groups in total. The number of carbonyl (C=O) groups is 1. The van der Waals surface area contributed by atoms with E-state index in [9.17, 15) is 4.79 Å². The van der Waals surface area contributed by atoms with Crippen LogP contribution < -0.4 is 0 Å². The summed E-state index contributed by atoms with van der Waals surface area (Å²) in [6.45, 7) is 4.52. The monoisotopic (exact) mass is 259 g/mol. The first-order chi connectivity index (χ1) is 9.38. The van der Waals surface area contributed by atoms with Crippen LogP contribution in [0.1, 0.15) is 16.3 Å². The first-order valence-electron chi connectivity index (χ1n) is 6.59. The average Bonchev–Trinajstić information content (AvgIpc) is 2.89. The molecule has 2 aromatic rings. The lowest BCUT2D eigenvalue weighted by molar-refractivity contribution is 0.0382. The van der Waals surface area contributed by atoms with E-state index in [4.69, 9.17) is 4.74 Å². The fourth-order valence-electron chi connectivity index (χ4n) is 2.49. The van der Waals surface area contributed by atoms with Gasteiger partial charge in [-0.2, -0.15) is 0 Å². The molecule has 0 saturated carbocycles. The molecule has 0 amide bonds. The van der Waals surface area contributed by atoms with Crippen LogP contribution in [0, 0.1) is 0 Å². The fourth-order valence-corrected chi connectivity index (χ4v) is 2.49. The van der Waals surface area contributed by atoms with Gasteiger partial charge in [0.1, 0.15) is 5.82 Å². The molecular weight excluding hydrogens is 242 g/mol. The number of imidazole rings is 1. The number of morpholine rings is 1. The molecule has 0 aliphatic carbocycles. The molecule has 1 saturated heterocycles. The molecule has 1 aliphatic heterocycles. The van der Waals surface area contributed by atoms with Crippen molar-refractivity contribution in [3.8, 4) is 0 Å². The molecular formula is C14H17N3O2. The highest BCUT2D eigenvalue weighted by molar-refractivity contribution is 5.74. The molecule has 2 aromatic heterocycles. The molecule has 100 valence electrons. The van der Waals surface area contributed by atoms with Crippen molar-refractivity contribution in [2.24, 2.45) is 0 Å². The average molecular weight is 259 g/mol. The summed E-state index contributed by atoms with van der Waals surface area (Å²) >= 11 is 0. The van der Waals surface area contributed by atoms with Crippen molar-refractivity contribution < 1.29 is 9.53 Å². The maximum Gasteiger partial charge on any atom is 0.166 e. The summed E-state index contributed by atoms with van der Waals surface area (Å²) in [5.74, 6) is 0.948. The third-order valence-corrected chi connectivity index (χ3v) is 3.53. The van der Waals surface area contributed by atoms with Gasteiger partial charge in [-0.05, 0) is 12.1 Å². The third kappa shape index (κ3) is 2.52. The van der Waals surface area contributed by atoms with Gasteiger partial charge >= 0.3 is 0 Å². The first kappa shape index (κ1) is 12.3. The zero-order valence-electron chi connectivity index (χ0n) is 10.8. The maximum atomic E-state index is 11.1. The lowest BCUT2D eigenvalue weighted by Gasteiger charge is -2.26. The van der Waals surface area contributed by atoms with Gasteiger partial charge in [-0.1, -0.05) is 6.07 Å². The normalized spacial score (nSPS) is 16.8. The van der Waals surface area contributed by atoms with E-state index in [0.717, 1.165) is 56.9 Å². The number of aromatic nitrogens is 2. The van der Waals surface area contributed by atoms with Crippen molar-refractivity contribution in [2.75, 3.05) is 32.8 Å². The largest absolute Gasteiger partial charge is 0.379 e. The number of rotatable bonds is 4. The third-order valence-electron chi connectivity index (χ3n) is 3.53. The predicted molar refractivity (Wildman–Crippen MR) is 71.5 cm³/mol. The van der Waals surface area contributed by atoms with E-state index in [1.807, 2.05) is 28.8 Å². The van der Waals surface area contributed by atoms with Gasteiger partial charge in [0.15, 0.2) is 6.29 Å². The lowest BCUT2D eigenvalue weighted by Crippen LogP contribution is -2.37. The SMILES string of the molecule is O=Cc1cccc2cnc(CCN3CCOCC3)n12. The van der Waals surface area contributed by atoms with Gasteiger partial charge in [0.25, 0.3) is 0 Å². The van der Waals surface area contributed by atoms with Crippen molar-refractivity contribution >= 4 is 11.8 Å². The molecule has 0 unspecified atom stereocenters. The highest BCUT2D eigenvalue weighted by atomic mass is 16.5. The molecule has 1 aliphatic rings. The van der Waals surface area contributed by atoms with Crippen LogP contribution >= 0.6 is 0 Å². The molecule has 19 heavy (non-hydrogen) atoms. The topological polar surface area (TPSA) is 46.8 Å². The Morgan fingerprint density at radius 3 is 2.95 bits per heavy atom. The predicted octanol–water partition coefficient (Wildman–Crippen LogP) is 1.02. The Morgan fingerprint density at radius 1 is 1.32 bits per heavy atom. The Balaban J connectivity index is 1.78. The van der Waals surface area contributed by atoms with Gasteiger partial charge in [-0.25, -0.2) is 4.98 Å². The van der Waals surface area contributed by atoms with E-state index in [2.05, 4.69) is 9.88 Å². The zero-order chi connectivity index (χ0) is 13.1. The smallest absolute Gasteiger partial charge is 0.166 e. The Kier molecular flexibility index (Phi) is 3.57. The number of pyridine rings is 1. The quantitative estimate of drug-likeness (QED) is 0.769. The second kappa shape index (κ2) is 5.50. The number of fused-ring (bicyclic) bond motifs is 1. The summed E-state index contributed by atoms with van der Waals surface area (Å²) in [7, 11) is 0. The van der Waals surface area contributed by atoms with Gasteiger partial charge in [0.2, 0.25) is 0 Å². The lowest BCUT2D eigenvalue weighted by atomic mass is 10.3. The van der Waals surface area contributed by atoms with E-state index >= 15 is 0 Å². The zero-order valence-corrected chi connectivity index (χ0v) is 10.8. The summed E-state index contributed by atoms with van der Waals surface area (Å²) in [4.78, 5) is 17.9. The Labute approximate surface area is 111 Å². The minimum atomic E-state index is 0.659. The molecule has 0 radical (unpaired) electrons. The minimum absolute atomic E-state index is 0.659. The van der Waals surface area contributed by atoms with E-state index in [1.165, 1.54) is 0 Å². The molecule has 0 atom stereocenters. The van der Waals surface area contributed by atoms with E-state index < -0.39 is 0 Å². The van der Waals surface area contributed by atoms with Crippen LogP contribution in [0.2, 0.25) is 0 Å². The second-order valence-corrected chi connectivity index (χ2v) is 4.71. The highest BCUT2D eigenvalue weighted by Crippen LogP contribution is 2.11. The minimum Gasteiger partial charge on any atom is -0.379 e. The van der Waals surface area contributed by atoms with Crippen molar-refractivity contribution in [2.45, 2.75) is 6.42 Å². The molecule has 1 fully saturated rings. The Morgan fingerprint density at radius 2 is 2.16 bits per heavy atom. The summed E-state index contributed by atoms with van der Waals surface area (Å²) in [6, 6.07) is 5.67. The van der Waals surface area contributed by atoms with Crippen LogP contribution in [0.3, 0.4) is 0 Å². The van der Waals surface area contributed by atoms with Gasteiger partial charge in [0.05, 0.1) is 30.6 Å². The van der Waals surface area contributed by atoms with Gasteiger partial charge < -0.3 is 4.74 Å². The Hall–Kier alpha value is -1.72. The summed E-state index contributed by atoms with van der Waals surface area (Å²) in [6.07, 6.45) is 3.55. The first-order valence-corrected chi connectivity index (χ1v) is 6.59. The van der Waals surface area contributed by atoms with Gasteiger partial charge in [-0.15, -0.1) is 0 Å². The van der Waals surface area contributed by atoms with E-state index in [-0.39, 0.29) is 0 Å². The van der Waals surface area contributed by atoms with Crippen molar-refractivity contribution in [1.29, 1.82) is 0 Å². The van der Waals surface area contributed by atoms with Crippen LogP contribution in [-0.4, -0.2) is 53.4 Å². The van der Waals surface area contributed by atoms with E-state index in [0.29, 0.717) is 5.69 Å². The molecule has 0 bridgehead atoms. The number of aldehydes is 1. The van der Waals surface area contributed by atoms with Gasteiger partial charge in [0, 0.05) is 26.1 Å². The standard InChI is InChI=1S/C14H17N3O2/c18-11-13-3-1-2-12-10-15-14(17(12)13)4-5-16-6-8-19-9-7-16/h1-3,10-11H,4-9H2. The maximum absolute atomic E-state index is 11.1. The molecule has 0 aromatic carbocycles. The molecule has 0 spiro atoms. The van der Waals surface area contributed by atoms with Crippen LogP contribution in [0.4, 0.5) is 0 Å². The van der Waals surface area contributed by atoms with Crippen molar-refractivity contribution in [1.82, 2.24) is 14.3 Å². The fraction of sp³-hybridized carbons (Fsp3) is 0.429. The van der Waals surface area contributed by atoms with Crippen LogP contribution in [0.15, 0.2) is 24.4 Å². The Bertz CT molecular complexity index is 573. The summed E-state index contributed by atoms with van der Waals surface area (Å²) in [5, 5.41) is 0. The summed E-state index contributed by atoms with van der Waals surface area (Å²) in [5.41, 5.74) is 1.63. The second-order valence-electron chi connectivity index (χ2n) is 4.71. The number of ether oxygens (including phenoxy) is 1. The molecule has 3 heterocycles. The summed E-state index contributed by atoms with van der Waals surface area (Å²) < 4.78 is 7.27. The van der Waals surface area contributed by atoms with Gasteiger partial charge in [-0.3, -0.25) is 14.1 Å². The number of nitrogens with zero attached hydrogens (tertiary/aromatic N) is 3. The highest BCUT2D eigenvalue weighted by Gasteiger charge is 2.12. The van der Waals surface area contributed by atoms with Crippen molar-refractivity contribution in [3.63, 3.8) is 0 Å². The van der Waals surface area contributed by atoms with Crippen molar-refractivity contribution in [3.05, 3.63) is 35.9 Å². The molecule has 5 nitrogen and oxygen atoms in total. The molecule has 3 rings (SSSR count). The number of carbonyl (C=O) groups excluding carboxylic acids is 1. The van der Waals surface area contributed by atoms with E-state index in [1.54, 1.807) is 0 Å². The van der Waals surface area contributed by atoms with Crippen LogP contribution in [-0.2, 0) is 11.2 Å². The number of hydrogen-bond donors (Lipinski definition) is 0. The molecule has 5 heteroatoms.